The van der Waals surface area contributed by atoms with E-state index in [9.17, 15) is 9.90 Å². The Morgan fingerprint density at radius 1 is 1.23 bits per heavy atom. The number of halogens is 1. The Morgan fingerprint density at radius 3 is 2.50 bits per heavy atom. The normalized spacial score (nSPS) is 10.8. The first kappa shape index (κ1) is 19.8. The summed E-state index contributed by atoms with van der Waals surface area (Å²) >= 11 is 3.24. The van der Waals surface area contributed by atoms with Gasteiger partial charge in [0.1, 0.15) is 0 Å². The molecule has 0 fully saturated rings. The van der Waals surface area contributed by atoms with Gasteiger partial charge in [-0.15, -0.1) is 0 Å². The minimum absolute atomic E-state index is 0.0155. The second kappa shape index (κ2) is 8.71. The molecule has 0 unspecified atom stereocenters. The Kier molecular flexibility index (Phi) is 6.63. The number of anilines is 1. The van der Waals surface area contributed by atoms with Crippen LogP contribution in [0.5, 0.6) is 11.5 Å². The van der Waals surface area contributed by atoms with Crippen LogP contribution in [0.2, 0.25) is 0 Å². The molecule has 2 rings (SSSR count). The Hall–Kier alpha value is -2.54. The number of hydrazone groups is 1. The zero-order valence-electron chi connectivity index (χ0n) is 15.2. The fourth-order valence-corrected chi connectivity index (χ4v) is 3.13. The predicted octanol–water partition coefficient (Wildman–Crippen LogP) is 3.65. The zero-order valence-corrected chi connectivity index (χ0v) is 16.8. The van der Waals surface area contributed by atoms with Crippen molar-refractivity contribution < 1.29 is 14.6 Å². The number of nitrogens with zero attached hydrogens (tertiary/aromatic N) is 1. The lowest BCUT2D eigenvalue weighted by Gasteiger charge is -2.13. The minimum Gasteiger partial charge on any atom is -0.503 e. The number of methoxy groups -OCH3 is 1. The summed E-state index contributed by atoms with van der Waals surface area (Å²) in [6, 6.07) is 7.43. The molecule has 0 aromatic heterocycles. The van der Waals surface area contributed by atoms with Crippen LogP contribution < -0.4 is 15.5 Å². The molecule has 138 valence electrons. The van der Waals surface area contributed by atoms with Crippen LogP contribution in [0, 0.1) is 20.8 Å². The van der Waals surface area contributed by atoms with Crippen LogP contribution in [-0.2, 0) is 4.79 Å². The van der Waals surface area contributed by atoms with Gasteiger partial charge in [0.05, 0.1) is 24.3 Å². The molecular weight excluding hydrogens is 398 g/mol. The molecule has 1 amide bonds. The Labute approximate surface area is 161 Å². The number of aryl methyl sites for hydroxylation is 3. The van der Waals surface area contributed by atoms with Gasteiger partial charge in [0.15, 0.2) is 11.5 Å². The lowest BCUT2D eigenvalue weighted by atomic mass is 10.1. The number of amides is 1. The number of carbonyl (C=O) groups is 1. The third kappa shape index (κ3) is 4.98. The van der Waals surface area contributed by atoms with Crippen molar-refractivity contribution in [2.24, 2.45) is 5.10 Å². The monoisotopic (exact) mass is 419 g/mol. The van der Waals surface area contributed by atoms with Gasteiger partial charge in [0, 0.05) is 5.69 Å². The lowest BCUT2D eigenvalue weighted by molar-refractivity contribution is -0.119. The maximum Gasteiger partial charge on any atom is 0.259 e. The van der Waals surface area contributed by atoms with Crippen molar-refractivity contribution in [3.63, 3.8) is 0 Å². The number of phenols is 1. The molecule has 26 heavy (non-hydrogen) atoms. The molecule has 2 aromatic rings. The molecule has 0 aliphatic heterocycles. The van der Waals surface area contributed by atoms with Crippen LogP contribution in [0.3, 0.4) is 0 Å². The summed E-state index contributed by atoms with van der Waals surface area (Å²) in [4.78, 5) is 12.0. The number of ether oxygens (including phenoxy) is 1. The van der Waals surface area contributed by atoms with Gasteiger partial charge in [0.25, 0.3) is 5.91 Å². The molecule has 7 heteroatoms. The van der Waals surface area contributed by atoms with Gasteiger partial charge >= 0.3 is 0 Å². The second-order valence-electron chi connectivity index (χ2n) is 5.97. The first-order chi connectivity index (χ1) is 12.3. The Bertz CT molecular complexity index is 827. The standard InChI is InChI=1S/C19H22BrN3O3/c1-11-5-12(2)18(13(3)6-11)21-10-17(24)23-22-9-14-7-15(20)19(25)16(8-14)26-4/h5-9,21,25H,10H2,1-4H3,(H,23,24)/b22-9+. The van der Waals surface area contributed by atoms with Crippen molar-refractivity contribution in [2.75, 3.05) is 19.0 Å². The molecule has 0 spiro atoms. The summed E-state index contributed by atoms with van der Waals surface area (Å²) in [7, 11) is 1.46. The van der Waals surface area contributed by atoms with Crippen LogP contribution >= 0.6 is 15.9 Å². The number of nitrogens with one attached hydrogen (secondary N) is 2. The summed E-state index contributed by atoms with van der Waals surface area (Å²) in [5.41, 5.74) is 7.49. The van der Waals surface area contributed by atoms with Gasteiger partial charge in [-0.1, -0.05) is 17.7 Å². The van der Waals surface area contributed by atoms with Crippen molar-refractivity contribution >= 4 is 33.7 Å². The summed E-state index contributed by atoms with van der Waals surface area (Å²) in [6.07, 6.45) is 1.48. The fraction of sp³-hybridized carbons (Fsp3) is 0.263. The Balaban J connectivity index is 1.95. The van der Waals surface area contributed by atoms with Gasteiger partial charge in [-0.05, 0) is 65.5 Å². The van der Waals surface area contributed by atoms with Crippen molar-refractivity contribution in [1.29, 1.82) is 0 Å². The molecule has 0 saturated heterocycles. The van der Waals surface area contributed by atoms with E-state index < -0.39 is 0 Å². The first-order valence-electron chi connectivity index (χ1n) is 8.02. The Morgan fingerprint density at radius 2 is 1.88 bits per heavy atom. The summed E-state index contributed by atoms with van der Waals surface area (Å²) in [5.74, 6) is 0.0753. The highest BCUT2D eigenvalue weighted by Gasteiger charge is 2.08. The van der Waals surface area contributed by atoms with E-state index in [2.05, 4.69) is 43.9 Å². The van der Waals surface area contributed by atoms with E-state index in [1.807, 2.05) is 20.8 Å². The summed E-state index contributed by atoms with van der Waals surface area (Å²) < 4.78 is 5.56. The number of benzene rings is 2. The van der Waals surface area contributed by atoms with Gasteiger partial charge in [0.2, 0.25) is 0 Å². The number of hydrogen-bond donors (Lipinski definition) is 3. The van der Waals surface area contributed by atoms with E-state index in [0.29, 0.717) is 15.8 Å². The summed E-state index contributed by atoms with van der Waals surface area (Å²) in [6.45, 7) is 6.18. The highest BCUT2D eigenvalue weighted by Crippen LogP contribution is 2.34. The van der Waals surface area contributed by atoms with Gasteiger partial charge < -0.3 is 15.2 Å². The molecule has 0 aliphatic carbocycles. The molecular formula is C19H22BrN3O3. The van der Waals surface area contributed by atoms with E-state index >= 15 is 0 Å². The quantitative estimate of drug-likeness (QED) is 0.492. The van der Waals surface area contributed by atoms with E-state index in [1.54, 1.807) is 12.1 Å². The number of aromatic hydroxyl groups is 1. The molecule has 0 bridgehead atoms. The topological polar surface area (TPSA) is 83.0 Å². The van der Waals surface area contributed by atoms with E-state index in [-0.39, 0.29) is 18.2 Å². The van der Waals surface area contributed by atoms with Gasteiger partial charge in [-0.2, -0.15) is 5.10 Å². The van der Waals surface area contributed by atoms with Gasteiger partial charge in [-0.25, -0.2) is 5.43 Å². The third-order valence-electron chi connectivity index (χ3n) is 3.78. The molecule has 0 radical (unpaired) electrons. The van der Waals surface area contributed by atoms with Crippen LogP contribution in [0.1, 0.15) is 22.3 Å². The minimum atomic E-state index is -0.259. The second-order valence-corrected chi connectivity index (χ2v) is 6.83. The fourth-order valence-electron chi connectivity index (χ4n) is 2.67. The van der Waals surface area contributed by atoms with Crippen LogP contribution in [0.4, 0.5) is 5.69 Å². The molecule has 0 saturated carbocycles. The molecule has 0 aliphatic rings. The van der Waals surface area contributed by atoms with Crippen molar-refractivity contribution in [3.05, 3.63) is 51.0 Å². The third-order valence-corrected chi connectivity index (χ3v) is 4.38. The maximum absolute atomic E-state index is 12.0. The molecule has 6 nitrogen and oxygen atoms in total. The zero-order chi connectivity index (χ0) is 19.3. The van der Waals surface area contributed by atoms with E-state index in [1.165, 1.54) is 18.9 Å². The highest BCUT2D eigenvalue weighted by atomic mass is 79.9. The average Bonchev–Trinajstić information content (AvgIpc) is 2.56. The number of phenolic OH excluding ortho intramolecular Hbond substituents is 1. The van der Waals surface area contributed by atoms with Crippen LogP contribution in [0.25, 0.3) is 0 Å². The summed E-state index contributed by atoms with van der Waals surface area (Å²) in [5, 5.41) is 16.9. The highest BCUT2D eigenvalue weighted by molar-refractivity contribution is 9.10. The average molecular weight is 420 g/mol. The van der Waals surface area contributed by atoms with Crippen molar-refractivity contribution in [3.8, 4) is 11.5 Å². The maximum atomic E-state index is 12.0. The van der Waals surface area contributed by atoms with E-state index in [4.69, 9.17) is 4.74 Å². The first-order valence-corrected chi connectivity index (χ1v) is 8.81. The molecule has 2 aromatic carbocycles. The largest absolute Gasteiger partial charge is 0.503 e. The molecule has 3 N–H and O–H groups in total. The molecule has 0 atom stereocenters. The van der Waals surface area contributed by atoms with Crippen molar-refractivity contribution in [2.45, 2.75) is 20.8 Å². The van der Waals surface area contributed by atoms with E-state index in [0.717, 1.165) is 16.8 Å². The van der Waals surface area contributed by atoms with Crippen LogP contribution in [0.15, 0.2) is 33.8 Å². The number of hydrogen-bond acceptors (Lipinski definition) is 5. The van der Waals surface area contributed by atoms with Gasteiger partial charge in [-0.3, -0.25) is 4.79 Å². The number of rotatable bonds is 6. The predicted molar refractivity (Wildman–Crippen MR) is 107 cm³/mol. The molecule has 0 heterocycles. The lowest BCUT2D eigenvalue weighted by Crippen LogP contribution is -2.26. The smallest absolute Gasteiger partial charge is 0.259 e. The van der Waals surface area contributed by atoms with Crippen LogP contribution in [-0.4, -0.2) is 30.9 Å². The van der Waals surface area contributed by atoms with Crippen molar-refractivity contribution in [1.82, 2.24) is 5.43 Å². The SMILES string of the molecule is COc1cc(/C=N/NC(=O)CNc2c(C)cc(C)cc2C)cc(Br)c1O. The number of carbonyl (C=O) groups excluding carboxylic acids is 1.